The van der Waals surface area contributed by atoms with E-state index in [1.165, 1.54) is 6.42 Å². The molecule has 0 aromatic carbocycles. The lowest BCUT2D eigenvalue weighted by atomic mass is 9.76. The minimum atomic E-state index is -3.03. The summed E-state index contributed by atoms with van der Waals surface area (Å²) in [6.45, 7) is 3.34. The summed E-state index contributed by atoms with van der Waals surface area (Å²) in [5.41, 5.74) is 5.62. The van der Waals surface area contributed by atoms with E-state index in [2.05, 4.69) is 6.92 Å². The van der Waals surface area contributed by atoms with E-state index < -0.39 is 10.0 Å². The summed E-state index contributed by atoms with van der Waals surface area (Å²) >= 11 is 0. The molecule has 0 bridgehead atoms. The van der Waals surface area contributed by atoms with Gasteiger partial charge in [0.15, 0.2) is 0 Å². The lowest BCUT2D eigenvalue weighted by Gasteiger charge is -2.44. The summed E-state index contributed by atoms with van der Waals surface area (Å²) in [6.07, 6.45) is 4.94. The quantitative estimate of drug-likeness (QED) is 0.788. The summed E-state index contributed by atoms with van der Waals surface area (Å²) < 4.78 is 25.7. The van der Waals surface area contributed by atoms with E-state index in [1.807, 2.05) is 0 Å². The number of hydrogen-bond donors (Lipinski definition) is 1. The molecule has 2 fully saturated rings. The molecule has 2 N–H and O–H groups in total. The minimum Gasteiger partial charge on any atom is -0.329 e. The lowest BCUT2D eigenvalue weighted by Crippen LogP contribution is -2.56. The van der Waals surface area contributed by atoms with Crippen molar-refractivity contribution in [1.82, 2.24) is 4.31 Å². The zero-order valence-electron chi connectivity index (χ0n) is 9.98. The van der Waals surface area contributed by atoms with Crippen molar-refractivity contribution in [1.29, 1.82) is 0 Å². The molecular formula is C11H22N2O2S. The smallest absolute Gasteiger partial charge is 0.214 e. The molecular weight excluding hydrogens is 224 g/mol. The average Bonchev–Trinajstić information content (AvgIpc) is 2.58. The van der Waals surface area contributed by atoms with Crippen LogP contribution in [-0.2, 0) is 10.0 Å². The van der Waals surface area contributed by atoms with Gasteiger partial charge in [0, 0.05) is 18.6 Å². The summed E-state index contributed by atoms with van der Waals surface area (Å²) in [5.74, 6) is 0.899. The fourth-order valence-electron chi connectivity index (χ4n) is 3.32. The number of rotatable bonds is 2. The third kappa shape index (κ3) is 2.00. The van der Waals surface area contributed by atoms with Gasteiger partial charge in [0.25, 0.3) is 0 Å². The van der Waals surface area contributed by atoms with Crippen molar-refractivity contribution in [3.8, 4) is 0 Å². The third-order valence-corrected chi connectivity index (χ3v) is 6.12. The zero-order valence-corrected chi connectivity index (χ0v) is 10.8. The van der Waals surface area contributed by atoms with Crippen LogP contribution < -0.4 is 5.73 Å². The van der Waals surface area contributed by atoms with Crippen LogP contribution in [0.25, 0.3) is 0 Å². The van der Waals surface area contributed by atoms with Crippen LogP contribution in [-0.4, -0.2) is 37.1 Å². The third-order valence-electron chi connectivity index (χ3n) is 4.08. The first-order chi connectivity index (χ1) is 7.50. The van der Waals surface area contributed by atoms with Crippen molar-refractivity contribution >= 4 is 10.0 Å². The Morgan fingerprint density at radius 1 is 1.44 bits per heavy atom. The Balaban J connectivity index is 2.27. The molecule has 1 saturated heterocycles. The van der Waals surface area contributed by atoms with Crippen molar-refractivity contribution in [3.63, 3.8) is 0 Å². The van der Waals surface area contributed by atoms with E-state index in [-0.39, 0.29) is 5.54 Å². The van der Waals surface area contributed by atoms with Crippen molar-refractivity contribution in [2.75, 3.05) is 18.8 Å². The van der Waals surface area contributed by atoms with Crippen LogP contribution in [0.3, 0.4) is 0 Å². The van der Waals surface area contributed by atoms with E-state index in [0.717, 1.165) is 25.7 Å². The van der Waals surface area contributed by atoms with Gasteiger partial charge in [0.05, 0.1) is 5.75 Å². The maximum Gasteiger partial charge on any atom is 0.214 e. The molecule has 0 radical (unpaired) electrons. The van der Waals surface area contributed by atoms with E-state index >= 15 is 0 Å². The van der Waals surface area contributed by atoms with Gasteiger partial charge in [-0.1, -0.05) is 19.8 Å². The number of hydrogen-bond acceptors (Lipinski definition) is 3. The molecule has 4 nitrogen and oxygen atoms in total. The second-order valence-corrected chi connectivity index (χ2v) is 7.38. The molecule has 0 aromatic rings. The van der Waals surface area contributed by atoms with Crippen molar-refractivity contribution < 1.29 is 8.42 Å². The molecule has 1 aliphatic carbocycles. The Bertz CT molecular complexity index is 355. The first kappa shape index (κ1) is 12.3. The Morgan fingerprint density at radius 2 is 2.19 bits per heavy atom. The molecule has 0 spiro atoms. The van der Waals surface area contributed by atoms with Gasteiger partial charge in [-0.25, -0.2) is 8.42 Å². The SMILES string of the molecule is CC1CCCC(CN)(N2CCCS2(=O)=O)C1. The molecule has 1 saturated carbocycles. The van der Waals surface area contributed by atoms with Gasteiger partial charge < -0.3 is 5.73 Å². The zero-order chi connectivity index (χ0) is 11.8. The summed E-state index contributed by atoms with van der Waals surface area (Å²) in [7, 11) is -3.03. The minimum absolute atomic E-state index is 0.271. The van der Waals surface area contributed by atoms with Crippen molar-refractivity contribution in [2.24, 2.45) is 11.7 Å². The van der Waals surface area contributed by atoms with E-state index in [4.69, 9.17) is 5.73 Å². The second kappa shape index (κ2) is 4.27. The normalized spacial score (nSPS) is 40.0. The molecule has 2 atom stereocenters. The maximum atomic E-state index is 12.0. The fourth-order valence-corrected chi connectivity index (χ4v) is 5.27. The number of sulfonamides is 1. The van der Waals surface area contributed by atoms with Crippen molar-refractivity contribution in [2.45, 2.75) is 44.6 Å². The molecule has 0 amide bonds. The molecule has 1 aliphatic heterocycles. The van der Waals surface area contributed by atoms with Gasteiger partial charge in [-0.2, -0.15) is 4.31 Å². The molecule has 2 rings (SSSR count). The molecule has 1 heterocycles. The van der Waals surface area contributed by atoms with Crippen LogP contribution >= 0.6 is 0 Å². The highest BCUT2D eigenvalue weighted by atomic mass is 32.2. The van der Waals surface area contributed by atoms with E-state index in [0.29, 0.717) is 24.8 Å². The maximum absolute atomic E-state index is 12.0. The molecule has 5 heteroatoms. The molecule has 2 aliphatic rings. The standard InChI is InChI=1S/C11H22N2O2S/c1-10-4-2-5-11(8-10,9-12)13-6-3-7-16(13,14)15/h10H,2-9,12H2,1H3. The van der Waals surface area contributed by atoms with Crippen molar-refractivity contribution in [3.05, 3.63) is 0 Å². The molecule has 16 heavy (non-hydrogen) atoms. The summed E-state index contributed by atoms with van der Waals surface area (Å²) in [5, 5.41) is 0. The Labute approximate surface area is 98.2 Å². The molecule has 94 valence electrons. The van der Waals surface area contributed by atoms with Gasteiger partial charge in [0.2, 0.25) is 10.0 Å². The fraction of sp³-hybridized carbons (Fsp3) is 1.00. The summed E-state index contributed by atoms with van der Waals surface area (Å²) in [6, 6.07) is 0. The Kier molecular flexibility index (Phi) is 3.29. The first-order valence-corrected chi connectivity index (χ1v) is 7.82. The highest BCUT2D eigenvalue weighted by Crippen LogP contribution is 2.39. The van der Waals surface area contributed by atoms with E-state index in [1.54, 1.807) is 4.31 Å². The van der Waals surface area contributed by atoms with Crippen LogP contribution in [0.2, 0.25) is 0 Å². The number of nitrogens with two attached hydrogens (primary N) is 1. The van der Waals surface area contributed by atoms with Gasteiger partial charge in [0.1, 0.15) is 0 Å². The van der Waals surface area contributed by atoms with E-state index in [9.17, 15) is 8.42 Å². The second-order valence-electron chi connectivity index (χ2n) is 5.37. The van der Waals surface area contributed by atoms with Crippen LogP contribution in [0.1, 0.15) is 39.0 Å². The highest BCUT2D eigenvalue weighted by Gasteiger charge is 2.46. The number of nitrogens with zero attached hydrogens (tertiary/aromatic N) is 1. The molecule has 2 unspecified atom stereocenters. The first-order valence-electron chi connectivity index (χ1n) is 6.21. The van der Waals surface area contributed by atoms with Gasteiger partial charge in [-0.15, -0.1) is 0 Å². The van der Waals surface area contributed by atoms with Crippen LogP contribution in [0.4, 0.5) is 0 Å². The predicted octanol–water partition coefficient (Wildman–Crippen LogP) is 0.930. The lowest BCUT2D eigenvalue weighted by molar-refractivity contribution is 0.116. The molecule has 0 aromatic heterocycles. The monoisotopic (exact) mass is 246 g/mol. The van der Waals surface area contributed by atoms with Crippen LogP contribution in [0.5, 0.6) is 0 Å². The van der Waals surface area contributed by atoms with Gasteiger partial charge in [-0.05, 0) is 25.2 Å². The van der Waals surface area contributed by atoms with Gasteiger partial charge >= 0.3 is 0 Å². The topological polar surface area (TPSA) is 63.4 Å². The van der Waals surface area contributed by atoms with Crippen LogP contribution in [0, 0.1) is 5.92 Å². The predicted molar refractivity (Wildman–Crippen MR) is 64.5 cm³/mol. The van der Waals surface area contributed by atoms with Crippen LogP contribution in [0.15, 0.2) is 0 Å². The Hall–Kier alpha value is -0.130. The Morgan fingerprint density at radius 3 is 2.69 bits per heavy atom. The average molecular weight is 246 g/mol. The highest BCUT2D eigenvalue weighted by molar-refractivity contribution is 7.89. The largest absolute Gasteiger partial charge is 0.329 e. The van der Waals surface area contributed by atoms with Gasteiger partial charge in [-0.3, -0.25) is 0 Å². The summed E-state index contributed by atoms with van der Waals surface area (Å²) in [4.78, 5) is 0.